The predicted octanol–water partition coefficient (Wildman–Crippen LogP) is 1.25. The maximum absolute atomic E-state index is 10.6. The van der Waals surface area contributed by atoms with Crippen molar-refractivity contribution in [3.8, 4) is 0 Å². The van der Waals surface area contributed by atoms with Gasteiger partial charge in [-0.3, -0.25) is 4.79 Å². The van der Waals surface area contributed by atoms with Crippen molar-refractivity contribution in [2.45, 2.75) is 19.4 Å². The summed E-state index contributed by atoms with van der Waals surface area (Å²) in [5.74, 6) is -0.397. The largest absolute Gasteiger partial charge is 0.469 e. The van der Waals surface area contributed by atoms with Crippen molar-refractivity contribution in [2.75, 3.05) is 7.11 Å². The third kappa shape index (κ3) is 6.30. The van der Waals surface area contributed by atoms with E-state index in [1.807, 2.05) is 6.92 Å². The molecule has 0 saturated heterocycles. The van der Waals surface area contributed by atoms with Crippen LogP contribution in [-0.2, 0) is 9.53 Å². The van der Waals surface area contributed by atoms with Crippen LogP contribution in [0.25, 0.3) is 0 Å². The quantitative estimate of drug-likeness (QED) is 0.620. The molecule has 0 heterocycles. The lowest BCUT2D eigenvalue weighted by atomic mass is 10.2. The molecule has 0 aliphatic carbocycles. The van der Waals surface area contributed by atoms with Gasteiger partial charge in [0.2, 0.25) is 0 Å². The van der Waals surface area contributed by atoms with Crippen LogP contribution in [0.1, 0.15) is 13.3 Å². The lowest BCUT2D eigenvalue weighted by Gasteiger charge is -2.02. The van der Waals surface area contributed by atoms with Gasteiger partial charge in [0, 0.05) is 0 Å². The van der Waals surface area contributed by atoms with Crippen molar-refractivity contribution in [1.29, 1.82) is 0 Å². The summed E-state index contributed by atoms with van der Waals surface area (Å²) in [5, 5.41) is 9.14. The molecule has 0 spiro atoms. The second kappa shape index (κ2) is 5.54. The molecule has 0 bridgehead atoms. The third-order valence-corrected chi connectivity index (χ3v) is 1.39. The van der Waals surface area contributed by atoms with E-state index in [0.29, 0.717) is 0 Å². The number of halogens is 1. The number of aliphatic hydroxyl groups excluding tert-OH is 1. The molecule has 0 amide bonds. The van der Waals surface area contributed by atoms with E-state index in [2.05, 4.69) is 27.3 Å². The van der Waals surface area contributed by atoms with Crippen molar-refractivity contribution < 1.29 is 14.6 Å². The number of esters is 1. The number of ether oxygens (including phenoxy) is 1. The summed E-state index contributed by atoms with van der Waals surface area (Å²) in [7, 11) is 1.30. The van der Waals surface area contributed by atoms with Gasteiger partial charge in [0.15, 0.2) is 0 Å². The molecule has 0 saturated carbocycles. The Morgan fingerprint density at radius 3 is 2.73 bits per heavy atom. The van der Waals surface area contributed by atoms with Gasteiger partial charge in [-0.25, -0.2) is 0 Å². The Morgan fingerprint density at radius 2 is 2.36 bits per heavy atom. The summed E-state index contributed by atoms with van der Waals surface area (Å²) < 4.78 is 5.33. The molecule has 1 N–H and O–H groups in total. The molecule has 0 radical (unpaired) electrons. The smallest absolute Gasteiger partial charge is 0.308 e. The van der Waals surface area contributed by atoms with Crippen LogP contribution in [0.5, 0.6) is 0 Å². The normalized spacial score (nSPS) is 14.4. The zero-order valence-corrected chi connectivity index (χ0v) is 8.66. The van der Waals surface area contributed by atoms with E-state index in [0.717, 1.165) is 3.58 Å². The zero-order valence-electron chi connectivity index (χ0n) is 6.50. The lowest BCUT2D eigenvalue weighted by Crippen LogP contribution is -2.11. The van der Waals surface area contributed by atoms with Gasteiger partial charge in [-0.05, 0) is 39.2 Å². The molecule has 0 aromatic carbocycles. The molecule has 11 heavy (non-hydrogen) atoms. The van der Waals surface area contributed by atoms with Gasteiger partial charge in [-0.1, -0.05) is 0 Å². The summed E-state index contributed by atoms with van der Waals surface area (Å²) in [6.45, 7) is 1.85. The third-order valence-electron chi connectivity index (χ3n) is 1.03. The first-order valence-electron chi connectivity index (χ1n) is 3.15. The van der Waals surface area contributed by atoms with Crippen LogP contribution in [0.4, 0.5) is 0 Å². The fourth-order valence-corrected chi connectivity index (χ4v) is 0.993. The van der Waals surface area contributed by atoms with Crippen LogP contribution < -0.4 is 0 Å². The molecule has 0 unspecified atom stereocenters. The SMILES string of the molecule is COC(=O)C[C@@H](O)/C=C(\C)I. The van der Waals surface area contributed by atoms with Gasteiger partial charge in [0.1, 0.15) is 0 Å². The average molecular weight is 270 g/mol. The molecule has 0 aromatic heterocycles. The van der Waals surface area contributed by atoms with Crippen LogP contribution >= 0.6 is 22.6 Å². The number of carbonyl (C=O) groups is 1. The molecule has 0 fully saturated rings. The summed E-state index contributed by atoms with van der Waals surface area (Å²) in [6, 6.07) is 0. The van der Waals surface area contributed by atoms with Crippen molar-refractivity contribution in [2.24, 2.45) is 0 Å². The second-order valence-corrected chi connectivity index (χ2v) is 3.80. The Kier molecular flexibility index (Phi) is 5.49. The van der Waals surface area contributed by atoms with Crippen molar-refractivity contribution in [3.05, 3.63) is 9.66 Å². The Morgan fingerprint density at radius 1 is 1.82 bits per heavy atom. The molecule has 0 aliphatic heterocycles. The molecular weight excluding hydrogens is 259 g/mol. The van der Waals surface area contributed by atoms with E-state index in [9.17, 15) is 4.79 Å². The topological polar surface area (TPSA) is 46.5 Å². The van der Waals surface area contributed by atoms with Crippen LogP contribution in [0.15, 0.2) is 9.66 Å². The highest BCUT2D eigenvalue weighted by atomic mass is 127. The maximum atomic E-state index is 10.6. The molecule has 0 aliphatic rings. The van der Waals surface area contributed by atoms with Gasteiger partial charge >= 0.3 is 5.97 Å². The number of allylic oxidation sites excluding steroid dienone is 1. The Labute approximate surface area is 79.6 Å². The van der Waals surface area contributed by atoms with E-state index in [4.69, 9.17) is 5.11 Å². The summed E-state index contributed by atoms with van der Waals surface area (Å²) >= 11 is 2.07. The molecule has 0 rings (SSSR count). The Hall–Kier alpha value is -0.100. The minimum atomic E-state index is -0.723. The highest BCUT2D eigenvalue weighted by molar-refractivity contribution is 14.1. The standard InChI is InChI=1S/C7H11IO3/c1-5(8)3-6(9)4-7(10)11-2/h3,6,9H,4H2,1-2H3/b5-3+/t6-/m0/s1. The molecule has 0 aromatic rings. The number of rotatable bonds is 3. The first-order valence-corrected chi connectivity index (χ1v) is 4.23. The van der Waals surface area contributed by atoms with Gasteiger partial charge < -0.3 is 9.84 Å². The zero-order chi connectivity index (χ0) is 8.85. The van der Waals surface area contributed by atoms with Crippen molar-refractivity contribution in [3.63, 3.8) is 0 Å². The van der Waals surface area contributed by atoms with Crippen molar-refractivity contribution in [1.82, 2.24) is 0 Å². The minimum absolute atomic E-state index is 0.0246. The van der Waals surface area contributed by atoms with E-state index in [1.165, 1.54) is 7.11 Å². The highest BCUT2D eigenvalue weighted by Crippen LogP contribution is 2.06. The Bertz CT molecular complexity index is 161. The summed E-state index contributed by atoms with van der Waals surface area (Å²) in [5.41, 5.74) is 0. The number of methoxy groups -OCH3 is 1. The van der Waals surface area contributed by atoms with E-state index in [-0.39, 0.29) is 6.42 Å². The number of aliphatic hydroxyl groups is 1. The van der Waals surface area contributed by atoms with Gasteiger partial charge in [0.05, 0.1) is 19.6 Å². The first-order chi connectivity index (χ1) is 5.06. The molecule has 1 atom stereocenters. The Balaban J connectivity index is 3.78. The summed E-state index contributed by atoms with van der Waals surface area (Å²) in [4.78, 5) is 10.6. The fraction of sp³-hybridized carbons (Fsp3) is 0.571. The number of carbonyl (C=O) groups excluding carboxylic acids is 1. The molecular formula is C7H11IO3. The number of hydrogen-bond donors (Lipinski definition) is 1. The van der Waals surface area contributed by atoms with Crippen molar-refractivity contribution >= 4 is 28.6 Å². The van der Waals surface area contributed by atoms with Gasteiger partial charge in [-0.15, -0.1) is 0 Å². The minimum Gasteiger partial charge on any atom is -0.469 e. The monoisotopic (exact) mass is 270 g/mol. The fourth-order valence-electron chi connectivity index (χ4n) is 0.578. The van der Waals surface area contributed by atoms with Gasteiger partial charge in [0.25, 0.3) is 0 Å². The molecule has 64 valence electrons. The molecule has 3 nitrogen and oxygen atoms in total. The van der Waals surface area contributed by atoms with Gasteiger partial charge in [-0.2, -0.15) is 0 Å². The maximum Gasteiger partial charge on any atom is 0.308 e. The average Bonchev–Trinajstić information content (AvgIpc) is 1.85. The number of hydrogen-bond acceptors (Lipinski definition) is 3. The van der Waals surface area contributed by atoms with Crippen LogP contribution in [-0.4, -0.2) is 24.3 Å². The van der Waals surface area contributed by atoms with E-state index >= 15 is 0 Å². The van der Waals surface area contributed by atoms with Crippen LogP contribution in [0, 0.1) is 0 Å². The second-order valence-electron chi connectivity index (χ2n) is 2.10. The van der Waals surface area contributed by atoms with E-state index in [1.54, 1.807) is 6.08 Å². The lowest BCUT2D eigenvalue weighted by molar-refractivity contribution is -0.142. The summed E-state index contributed by atoms with van der Waals surface area (Å²) in [6.07, 6.45) is 0.910. The van der Waals surface area contributed by atoms with Crippen LogP contribution in [0.2, 0.25) is 0 Å². The van der Waals surface area contributed by atoms with Crippen LogP contribution in [0.3, 0.4) is 0 Å². The molecule has 4 heteroatoms. The predicted molar refractivity (Wildman–Crippen MR) is 50.4 cm³/mol. The highest BCUT2D eigenvalue weighted by Gasteiger charge is 2.07. The first kappa shape index (κ1) is 10.9. The van der Waals surface area contributed by atoms with E-state index < -0.39 is 12.1 Å².